The van der Waals surface area contributed by atoms with E-state index in [1.807, 2.05) is 6.07 Å². The summed E-state index contributed by atoms with van der Waals surface area (Å²) in [6.07, 6.45) is 4.00. The molecule has 0 unspecified atom stereocenters. The molecule has 0 aliphatic carbocycles. The molecule has 108 valence electrons. The Morgan fingerprint density at radius 3 is 2.65 bits per heavy atom. The molecule has 0 radical (unpaired) electrons. The second-order valence-electron chi connectivity index (χ2n) is 6.95. The van der Waals surface area contributed by atoms with Gasteiger partial charge >= 0.3 is 0 Å². The number of Topliss-reactive ketones (excluding diaryl/α,β-unsaturated/α-hetero) is 1. The SMILES string of the molecule is CC(C)(C)c1cc2c(cn1)OC1(CCNCC1)CC2=O. The first-order valence-corrected chi connectivity index (χ1v) is 7.33. The van der Waals surface area contributed by atoms with Crippen LogP contribution in [0.1, 0.15) is 56.1 Å². The molecular formula is C16H22N2O2. The normalized spacial score (nSPS) is 21.4. The van der Waals surface area contributed by atoms with E-state index in [0.717, 1.165) is 31.6 Å². The number of ketones is 1. The van der Waals surface area contributed by atoms with Crippen LogP contribution in [0.5, 0.6) is 5.75 Å². The van der Waals surface area contributed by atoms with E-state index in [0.29, 0.717) is 17.7 Å². The molecule has 1 aromatic rings. The molecule has 1 saturated heterocycles. The van der Waals surface area contributed by atoms with Gasteiger partial charge in [-0.3, -0.25) is 9.78 Å². The molecule has 1 aromatic heterocycles. The lowest BCUT2D eigenvalue weighted by atomic mass is 9.82. The Morgan fingerprint density at radius 2 is 2.00 bits per heavy atom. The zero-order chi connectivity index (χ0) is 14.4. The first-order chi connectivity index (χ1) is 9.40. The number of hydrogen-bond donors (Lipinski definition) is 1. The Kier molecular flexibility index (Phi) is 3.09. The quantitative estimate of drug-likeness (QED) is 0.789. The van der Waals surface area contributed by atoms with Gasteiger partial charge in [0.25, 0.3) is 0 Å². The van der Waals surface area contributed by atoms with Crippen LogP contribution in [0.2, 0.25) is 0 Å². The number of piperidine rings is 1. The number of rotatable bonds is 0. The number of ether oxygens (including phenoxy) is 1. The van der Waals surface area contributed by atoms with Gasteiger partial charge in [0.1, 0.15) is 11.4 Å². The monoisotopic (exact) mass is 274 g/mol. The van der Waals surface area contributed by atoms with Gasteiger partial charge in [-0.05, 0) is 19.2 Å². The third-order valence-corrected chi connectivity index (χ3v) is 4.26. The van der Waals surface area contributed by atoms with Crippen LogP contribution in [0, 0.1) is 0 Å². The second-order valence-corrected chi connectivity index (χ2v) is 6.95. The van der Waals surface area contributed by atoms with Gasteiger partial charge in [0.2, 0.25) is 0 Å². The topological polar surface area (TPSA) is 51.2 Å². The smallest absolute Gasteiger partial charge is 0.170 e. The van der Waals surface area contributed by atoms with Crippen molar-refractivity contribution in [1.29, 1.82) is 0 Å². The average Bonchev–Trinajstić information content (AvgIpc) is 2.38. The summed E-state index contributed by atoms with van der Waals surface area (Å²) < 4.78 is 6.18. The van der Waals surface area contributed by atoms with Crippen molar-refractivity contribution in [3.05, 3.63) is 23.5 Å². The fourth-order valence-corrected chi connectivity index (χ4v) is 2.97. The number of carbonyl (C=O) groups is 1. The van der Waals surface area contributed by atoms with Gasteiger partial charge in [0.15, 0.2) is 5.78 Å². The lowest BCUT2D eigenvalue weighted by molar-refractivity contribution is 0.0183. The maximum Gasteiger partial charge on any atom is 0.170 e. The van der Waals surface area contributed by atoms with Crippen LogP contribution in [-0.4, -0.2) is 29.5 Å². The highest BCUT2D eigenvalue weighted by molar-refractivity contribution is 6.00. The van der Waals surface area contributed by atoms with Crippen molar-refractivity contribution in [2.45, 2.75) is 51.0 Å². The number of pyridine rings is 1. The fraction of sp³-hybridized carbons (Fsp3) is 0.625. The minimum Gasteiger partial charge on any atom is -0.484 e. The molecular weight excluding hydrogens is 252 g/mol. The summed E-state index contributed by atoms with van der Waals surface area (Å²) >= 11 is 0. The first-order valence-electron chi connectivity index (χ1n) is 7.33. The maximum absolute atomic E-state index is 12.5. The third kappa shape index (κ3) is 2.33. The largest absolute Gasteiger partial charge is 0.484 e. The molecule has 3 rings (SSSR count). The molecule has 1 N–H and O–H groups in total. The molecule has 4 heteroatoms. The van der Waals surface area contributed by atoms with Crippen LogP contribution in [0.25, 0.3) is 0 Å². The summed E-state index contributed by atoms with van der Waals surface area (Å²) in [7, 11) is 0. The molecule has 4 nitrogen and oxygen atoms in total. The van der Waals surface area contributed by atoms with Crippen LogP contribution in [0.3, 0.4) is 0 Å². The Bertz CT molecular complexity index is 540. The van der Waals surface area contributed by atoms with Crippen LogP contribution < -0.4 is 10.1 Å². The average molecular weight is 274 g/mol. The minimum absolute atomic E-state index is 0.0563. The van der Waals surface area contributed by atoms with Crippen molar-refractivity contribution in [3.8, 4) is 5.75 Å². The Hall–Kier alpha value is -1.42. The lowest BCUT2D eigenvalue weighted by Crippen LogP contribution is -2.49. The van der Waals surface area contributed by atoms with E-state index < -0.39 is 0 Å². The number of carbonyl (C=O) groups excluding carboxylic acids is 1. The van der Waals surface area contributed by atoms with Crippen molar-refractivity contribution in [2.24, 2.45) is 0 Å². The summed E-state index contributed by atoms with van der Waals surface area (Å²) in [6, 6.07) is 1.91. The highest BCUT2D eigenvalue weighted by Gasteiger charge is 2.41. The van der Waals surface area contributed by atoms with Gasteiger partial charge in [-0.25, -0.2) is 0 Å². The summed E-state index contributed by atoms with van der Waals surface area (Å²) in [5, 5.41) is 3.32. The highest BCUT2D eigenvalue weighted by Crippen LogP contribution is 2.38. The molecule has 0 bridgehead atoms. The van der Waals surface area contributed by atoms with Crippen molar-refractivity contribution in [1.82, 2.24) is 10.3 Å². The fourth-order valence-electron chi connectivity index (χ4n) is 2.97. The summed E-state index contributed by atoms with van der Waals surface area (Å²) in [4.78, 5) is 17.0. The first kappa shape index (κ1) is 13.6. The van der Waals surface area contributed by atoms with Gasteiger partial charge in [-0.15, -0.1) is 0 Å². The summed E-state index contributed by atoms with van der Waals surface area (Å²) in [6.45, 7) is 8.13. The van der Waals surface area contributed by atoms with Gasteiger partial charge in [0, 0.05) is 24.0 Å². The molecule has 0 saturated carbocycles. The van der Waals surface area contributed by atoms with Crippen LogP contribution >= 0.6 is 0 Å². The van der Waals surface area contributed by atoms with E-state index >= 15 is 0 Å². The van der Waals surface area contributed by atoms with E-state index in [1.54, 1.807) is 6.20 Å². The molecule has 1 spiro atoms. The van der Waals surface area contributed by atoms with E-state index in [2.05, 4.69) is 31.1 Å². The summed E-state index contributed by atoms with van der Waals surface area (Å²) in [5.41, 5.74) is 1.28. The van der Waals surface area contributed by atoms with Crippen LogP contribution in [0.15, 0.2) is 12.3 Å². The Labute approximate surface area is 119 Å². The zero-order valence-electron chi connectivity index (χ0n) is 12.5. The van der Waals surface area contributed by atoms with E-state index in [1.165, 1.54) is 0 Å². The van der Waals surface area contributed by atoms with Crippen LogP contribution in [-0.2, 0) is 5.41 Å². The molecule has 3 heterocycles. The maximum atomic E-state index is 12.5. The molecule has 1 fully saturated rings. The van der Waals surface area contributed by atoms with Crippen LogP contribution in [0.4, 0.5) is 0 Å². The molecule has 2 aliphatic rings. The Balaban J connectivity index is 1.96. The van der Waals surface area contributed by atoms with E-state index in [4.69, 9.17) is 4.74 Å². The number of hydrogen-bond acceptors (Lipinski definition) is 4. The lowest BCUT2D eigenvalue weighted by Gasteiger charge is -2.40. The molecule has 20 heavy (non-hydrogen) atoms. The molecule has 0 aromatic carbocycles. The predicted octanol–water partition coefficient (Wildman–Crippen LogP) is 2.47. The van der Waals surface area contributed by atoms with Gasteiger partial charge in [-0.2, -0.15) is 0 Å². The van der Waals surface area contributed by atoms with E-state index in [-0.39, 0.29) is 16.8 Å². The van der Waals surface area contributed by atoms with E-state index in [9.17, 15) is 4.79 Å². The number of fused-ring (bicyclic) bond motifs is 1. The number of nitrogens with one attached hydrogen (secondary N) is 1. The minimum atomic E-state index is -0.305. The summed E-state index contributed by atoms with van der Waals surface area (Å²) in [5.74, 6) is 0.859. The van der Waals surface area contributed by atoms with Gasteiger partial charge < -0.3 is 10.1 Å². The predicted molar refractivity (Wildman–Crippen MR) is 77.3 cm³/mol. The van der Waals surface area contributed by atoms with Crippen molar-refractivity contribution < 1.29 is 9.53 Å². The van der Waals surface area contributed by atoms with Crippen molar-refractivity contribution in [3.63, 3.8) is 0 Å². The standard InChI is InChI=1S/C16H22N2O2/c1-15(2,3)14-8-11-12(19)9-16(4-6-17-7-5-16)20-13(11)10-18-14/h8,10,17H,4-7,9H2,1-3H3. The third-order valence-electron chi connectivity index (χ3n) is 4.26. The second kappa shape index (κ2) is 4.55. The highest BCUT2D eigenvalue weighted by atomic mass is 16.5. The van der Waals surface area contributed by atoms with Gasteiger partial charge in [-0.1, -0.05) is 20.8 Å². The number of nitrogens with zero attached hydrogens (tertiary/aromatic N) is 1. The molecule has 0 amide bonds. The van der Waals surface area contributed by atoms with Crippen molar-refractivity contribution in [2.75, 3.05) is 13.1 Å². The van der Waals surface area contributed by atoms with Gasteiger partial charge in [0.05, 0.1) is 18.2 Å². The number of aromatic nitrogens is 1. The van der Waals surface area contributed by atoms with Crippen molar-refractivity contribution >= 4 is 5.78 Å². The Morgan fingerprint density at radius 1 is 1.30 bits per heavy atom. The molecule has 0 atom stereocenters. The zero-order valence-corrected chi connectivity index (χ0v) is 12.5. The molecule has 2 aliphatic heterocycles.